The number of rotatable bonds is 20. The number of hydrogen-bond donors (Lipinski definition) is 6. The van der Waals surface area contributed by atoms with E-state index < -0.39 is 18.2 Å². The Morgan fingerprint density at radius 2 is 1.40 bits per heavy atom. The summed E-state index contributed by atoms with van der Waals surface area (Å²) in [6.45, 7) is 5.92. The molecule has 0 aliphatic rings. The van der Waals surface area contributed by atoms with Gasteiger partial charge < -0.3 is 45.4 Å². The zero-order chi connectivity index (χ0) is 29.6. The smallest absolute Gasteiger partial charge is 0.421 e. The monoisotopic (exact) mass is 570 g/mol. The average molecular weight is 571 g/mol. The van der Waals surface area contributed by atoms with Gasteiger partial charge >= 0.3 is 12.2 Å². The van der Waals surface area contributed by atoms with Gasteiger partial charge in [0.2, 0.25) is 11.8 Å². The zero-order valence-corrected chi connectivity index (χ0v) is 23.3. The molecule has 1 aromatic carbocycles. The summed E-state index contributed by atoms with van der Waals surface area (Å²) < 4.78 is 25.9. The maximum absolute atomic E-state index is 12.0. The van der Waals surface area contributed by atoms with Gasteiger partial charge in [0.05, 0.1) is 52.2 Å². The van der Waals surface area contributed by atoms with Gasteiger partial charge in [-0.05, 0) is 23.6 Å². The second kappa shape index (κ2) is 21.3. The lowest BCUT2D eigenvalue weighted by atomic mass is 10.1. The van der Waals surface area contributed by atoms with Gasteiger partial charge in [0.1, 0.15) is 13.2 Å². The van der Waals surface area contributed by atoms with Crippen LogP contribution in [0.4, 0.5) is 15.3 Å². The van der Waals surface area contributed by atoms with E-state index >= 15 is 0 Å². The molecule has 1 aromatic rings. The Hall–Kier alpha value is -3.50. The molecule has 0 aliphatic carbocycles. The number of ether oxygens (including phenoxy) is 5. The van der Waals surface area contributed by atoms with Gasteiger partial charge in [0.25, 0.3) is 0 Å². The molecule has 226 valence electrons. The Balaban J connectivity index is 2.03. The van der Waals surface area contributed by atoms with Gasteiger partial charge in [-0.25, -0.2) is 15.0 Å². The molecule has 0 fully saturated rings. The maximum Gasteiger partial charge on any atom is 0.421 e. The van der Waals surface area contributed by atoms with Crippen LogP contribution in [0.5, 0.6) is 0 Å². The van der Waals surface area contributed by atoms with Gasteiger partial charge in [-0.15, -0.1) is 0 Å². The maximum atomic E-state index is 12.0. The Labute approximate surface area is 234 Å². The average Bonchev–Trinajstić information content (AvgIpc) is 2.93. The number of nitrogens with two attached hydrogens (primary N) is 1. The zero-order valence-electron chi connectivity index (χ0n) is 23.3. The summed E-state index contributed by atoms with van der Waals surface area (Å²) in [5, 5.41) is 7.75. The van der Waals surface area contributed by atoms with Crippen LogP contribution in [-0.2, 0) is 39.9 Å². The van der Waals surface area contributed by atoms with E-state index in [0.717, 1.165) is 5.56 Å². The minimum absolute atomic E-state index is 0.0318. The van der Waals surface area contributed by atoms with E-state index in [-0.39, 0.29) is 50.6 Å². The molecule has 15 nitrogen and oxygen atoms in total. The molecule has 0 aromatic heterocycles. The van der Waals surface area contributed by atoms with Crippen LogP contribution in [0.3, 0.4) is 0 Å². The van der Waals surface area contributed by atoms with E-state index in [1.807, 2.05) is 13.8 Å². The first-order valence-electron chi connectivity index (χ1n) is 12.9. The highest BCUT2D eigenvalue weighted by molar-refractivity contribution is 5.95. The first-order valence-corrected chi connectivity index (χ1v) is 12.9. The molecule has 7 N–H and O–H groups in total. The van der Waals surface area contributed by atoms with Crippen molar-refractivity contribution in [2.75, 3.05) is 71.7 Å². The van der Waals surface area contributed by atoms with Crippen molar-refractivity contribution in [1.29, 1.82) is 0 Å². The largest absolute Gasteiger partial charge is 0.446 e. The number of hydrogen-bond acceptors (Lipinski definition) is 11. The molecule has 0 spiro atoms. The van der Waals surface area contributed by atoms with E-state index in [0.29, 0.717) is 38.7 Å². The second-order valence-electron chi connectivity index (χ2n) is 8.58. The van der Waals surface area contributed by atoms with Crippen LogP contribution in [-0.4, -0.2) is 96.4 Å². The molecule has 0 saturated heterocycles. The second-order valence-corrected chi connectivity index (χ2v) is 8.58. The number of carbonyl (C=O) groups is 4. The van der Waals surface area contributed by atoms with Crippen LogP contribution in [0.15, 0.2) is 24.3 Å². The van der Waals surface area contributed by atoms with Crippen LogP contribution in [0.2, 0.25) is 0 Å². The third-order valence-corrected chi connectivity index (χ3v) is 5.00. The van der Waals surface area contributed by atoms with Crippen LogP contribution in [0.1, 0.15) is 19.4 Å². The summed E-state index contributed by atoms with van der Waals surface area (Å²) in [5.74, 6) is -0.798. The number of alkyl carbamates (subject to hydrolysis) is 1. The summed E-state index contributed by atoms with van der Waals surface area (Å²) >= 11 is 0. The van der Waals surface area contributed by atoms with Crippen LogP contribution >= 0.6 is 0 Å². The van der Waals surface area contributed by atoms with E-state index in [1.54, 1.807) is 31.3 Å². The van der Waals surface area contributed by atoms with Crippen LogP contribution < -0.4 is 32.5 Å². The molecule has 0 bridgehead atoms. The van der Waals surface area contributed by atoms with E-state index in [2.05, 4.69) is 26.8 Å². The Bertz CT molecular complexity index is 886. The van der Waals surface area contributed by atoms with Crippen LogP contribution in [0.25, 0.3) is 0 Å². The number of amides is 4. The molecule has 1 atom stereocenters. The third-order valence-electron chi connectivity index (χ3n) is 5.00. The first kappa shape index (κ1) is 34.5. The molecule has 0 heterocycles. The summed E-state index contributed by atoms with van der Waals surface area (Å²) in [6.07, 6.45) is -1.16. The normalized spacial score (nSPS) is 11.4. The first-order chi connectivity index (χ1) is 19.2. The Morgan fingerprint density at radius 1 is 0.800 bits per heavy atom. The van der Waals surface area contributed by atoms with Crippen molar-refractivity contribution in [3.8, 4) is 0 Å². The van der Waals surface area contributed by atoms with E-state index in [1.165, 1.54) is 0 Å². The summed E-state index contributed by atoms with van der Waals surface area (Å²) in [6, 6.07) is 6.08. The van der Waals surface area contributed by atoms with Crippen molar-refractivity contribution >= 4 is 29.7 Å². The number of benzene rings is 1. The predicted molar refractivity (Wildman–Crippen MR) is 145 cm³/mol. The minimum atomic E-state index is -0.673. The number of hydrazine groups is 1. The summed E-state index contributed by atoms with van der Waals surface area (Å²) in [7, 11) is 1.55. The molecule has 40 heavy (non-hydrogen) atoms. The Kier molecular flexibility index (Phi) is 18.4. The topological polar surface area (TPSA) is 201 Å². The van der Waals surface area contributed by atoms with Crippen molar-refractivity contribution in [1.82, 2.24) is 21.5 Å². The van der Waals surface area contributed by atoms with Gasteiger partial charge in [-0.1, -0.05) is 26.0 Å². The molecular weight excluding hydrogens is 528 g/mol. The lowest BCUT2D eigenvalue weighted by Crippen LogP contribution is -2.46. The fourth-order valence-electron chi connectivity index (χ4n) is 2.78. The van der Waals surface area contributed by atoms with Gasteiger partial charge in [-0.3, -0.25) is 15.0 Å². The molecular formula is C25H42N6O9. The lowest BCUT2D eigenvalue weighted by molar-refractivity contribution is -0.125. The standard InChI is InChI=1S/C25H42N6O9/c1-18(2)22(26)23(33)29-16-21(32)30-20-6-4-19(5-7-20)17-40-24(34)28-8-9-36-10-11-37-12-13-38-14-15-39-25(35)31-27-3/h4-7,18,22,27H,8-17,26H2,1-3H3,(H,28,34)(H,29,33)(H,30,32)(H,31,35). The fourth-order valence-corrected chi connectivity index (χ4v) is 2.78. The third kappa shape index (κ3) is 17.2. The minimum Gasteiger partial charge on any atom is -0.446 e. The highest BCUT2D eigenvalue weighted by Gasteiger charge is 2.17. The van der Waals surface area contributed by atoms with Crippen LogP contribution in [0, 0.1) is 5.92 Å². The molecule has 15 heteroatoms. The number of carbonyl (C=O) groups excluding carboxylic acids is 4. The SMILES string of the molecule is CNNC(=O)OCCOCCOCCOCCNC(=O)OCc1ccc(NC(=O)CNC(=O)C(N)C(C)C)cc1. The van der Waals surface area contributed by atoms with Gasteiger partial charge in [0.15, 0.2) is 0 Å². The van der Waals surface area contributed by atoms with Gasteiger partial charge in [-0.2, -0.15) is 0 Å². The quantitative estimate of drug-likeness (QED) is 0.0900. The van der Waals surface area contributed by atoms with E-state index in [9.17, 15) is 19.2 Å². The van der Waals surface area contributed by atoms with Crippen molar-refractivity contribution in [2.45, 2.75) is 26.5 Å². The van der Waals surface area contributed by atoms with Crippen molar-refractivity contribution in [3.05, 3.63) is 29.8 Å². The van der Waals surface area contributed by atoms with E-state index in [4.69, 9.17) is 29.4 Å². The molecule has 0 radical (unpaired) electrons. The fraction of sp³-hybridized carbons (Fsp3) is 0.600. The Morgan fingerprint density at radius 3 is 2.00 bits per heavy atom. The van der Waals surface area contributed by atoms with Crippen molar-refractivity contribution in [2.24, 2.45) is 11.7 Å². The molecule has 1 unspecified atom stereocenters. The highest BCUT2D eigenvalue weighted by atomic mass is 16.6. The van der Waals surface area contributed by atoms with Crippen molar-refractivity contribution in [3.63, 3.8) is 0 Å². The predicted octanol–water partition coefficient (Wildman–Crippen LogP) is -0.139. The summed E-state index contributed by atoms with van der Waals surface area (Å²) in [5.41, 5.74) is 11.7. The molecule has 1 rings (SSSR count). The summed E-state index contributed by atoms with van der Waals surface area (Å²) in [4.78, 5) is 46.7. The van der Waals surface area contributed by atoms with Crippen molar-refractivity contribution < 1.29 is 42.9 Å². The highest BCUT2D eigenvalue weighted by Crippen LogP contribution is 2.10. The molecule has 4 amide bonds. The molecule has 0 aliphatic heterocycles. The van der Waals surface area contributed by atoms with Gasteiger partial charge in [0, 0.05) is 19.3 Å². The molecule has 0 saturated carbocycles. The number of nitrogens with one attached hydrogen (secondary N) is 5. The number of anilines is 1. The lowest BCUT2D eigenvalue weighted by Gasteiger charge is -2.15.